The van der Waals surface area contributed by atoms with Gasteiger partial charge in [0, 0.05) is 5.69 Å². The van der Waals surface area contributed by atoms with E-state index in [4.69, 9.17) is 10.9 Å². The molecule has 9 heteroatoms. The normalized spacial score (nSPS) is 12.3. The summed E-state index contributed by atoms with van der Waals surface area (Å²) < 4.78 is 50.2. The van der Waals surface area contributed by atoms with Crippen molar-refractivity contribution >= 4 is 17.4 Å². The minimum absolute atomic E-state index is 0.246. The molecule has 0 radical (unpaired) electrons. The van der Waals surface area contributed by atoms with Gasteiger partial charge in [-0.1, -0.05) is 5.16 Å². The van der Waals surface area contributed by atoms with Crippen LogP contribution in [0.3, 0.4) is 0 Å². The van der Waals surface area contributed by atoms with E-state index in [-0.39, 0.29) is 5.69 Å². The molecule has 0 saturated heterocycles. The number of rotatable bonds is 3. The third-order valence-electron chi connectivity index (χ3n) is 2.03. The second-order valence-corrected chi connectivity index (χ2v) is 3.51. The molecule has 0 unspecified atom stereocenters. The lowest BCUT2D eigenvalue weighted by atomic mass is 10.1. The maximum Gasteiger partial charge on any atom is 0.419 e. The summed E-state index contributed by atoms with van der Waals surface area (Å²) in [7, 11) is 0. The van der Waals surface area contributed by atoms with Gasteiger partial charge in [0.1, 0.15) is 11.7 Å². The van der Waals surface area contributed by atoms with Crippen molar-refractivity contribution in [2.24, 2.45) is 10.9 Å². The molecule has 19 heavy (non-hydrogen) atoms. The van der Waals surface area contributed by atoms with Gasteiger partial charge < -0.3 is 16.3 Å². The van der Waals surface area contributed by atoms with Crippen molar-refractivity contribution in [3.63, 3.8) is 0 Å². The molecule has 1 aromatic rings. The van der Waals surface area contributed by atoms with E-state index < -0.39 is 35.7 Å². The summed E-state index contributed by atoms with van der Waals surface area (Å²) in [6.07, 6.45) is -5.37. The van der Waals surface area contributed by atoms with E-state index in [0.29, 0.717) is 12.1 Å². The highest BCUT2D eigenvalue weighted by molar-refractivity contribution is 6.04. The second-order valence-electron chi connectivity index (χ2n) is 3.51. The molecule has 104 valence electrons. The third kappa shape index (κ3) is 4.12. The van der Waals surface area contributed by atoms with Crippen LogP contribution in [-0.4, -0.2) is 17.0 Å². The fraction of sp³-hybridized carbons (Fsp3) is 0.200. The molecule has 0 aliphatic rings. The van der Waals surface area contributed by atoms with Crippen molar-refractivity contribution in [3.8, 4) is 0 Å². The van der Waals surface area contributed by atoms with Crippen molar-refractivity contribution < 1.29 is 27.6 Å². The first-order chi connectivity index (χ1) is 8.74. The Kier molecular flexibility index (Phi) is 4.30. The lowest BCUT2D eigenvalue weighted by molar-refractivity contribution is -0.140. The van der Waals surface area contributed by atoms with Gasteiger partial charge in [0.15, 0.2) is 0 Å². The number of carbonyl (C=O) groups excluding carboxylic acids is 1. The minimum atomic E-state index is -4.86. The van der Waals surface area contributed by atoms with E-state index in [1.54, 1.807) is 0 Å². The van der Waals surface area contributed by atoms with Crippen molar-refractivity contribution in [1.29, 1.82) is 0 Å². The summed E-state index contributed by atoms with van der Waals surface area (Å²) in [5, 5.41) is 12.8. The van der Waals surface area contributed by atoms with Gasteiger partial charge in [-0.05, 0) is 18.2 Å². The van der Waals surface area contributed by atoms with Crippen LogP contribution in [0.25, 0.3) is 0 Å². The fourth-order valence-corrected chi connectivity index (χ4v) is 1.23. The average Bonchev–Trinajstić information content (AvgIpc) is 2.29. The van der Waals surface area contributed by atoms with Gasteiger partial charge >= 0.3 is 6.18 Å². The summed E-state index contributed by atoms with van der Waals surface area (Å²) in [4.78, 5) is 11.3. The SMILES string of the molecule is NC(CC(=O)Nc1ccc(F)c(C(F)(F)F)c1)=NO. The quantitative estimate of drug-likeness (QED) is 0.260. The molecule has 0 saturated carbocycles. The number of oxime groups is 1. The van der Waals surface area contributed by atoms with Gasteiger partial charge in [0.2, 0.25) is 5.91 Å². The van der Waals surface area contributed by atoms with E-state index in [1.807, 2.05) is 0 Å². The molecular formula is C10H9F4N3O2. The first-order valence-electron chi connectivity index (χ1n) is 4.87. The minimum Gasteiger partial charge on any atom is -0.409 e. The van der Waals surface area contributed by atoms with Crippen LogP contribution in [0.15, 0.2) is 23.4 Å². The van der Waals surface area contributed by atoms with Crippen molar-refractivity contribution in [3.05, 3.63) is 29.6 Å². The number of alkyl halides is 3. The van der Waals surface area contributed by atoms with Crippen molar-refractivity contribution in [2.45, 2.75) is 12.6 Å². The number of amides is 1. The molecule has 1 amide bonds. The van der Waals surface area contributed by atoms with Crippen molar-refractivity contribution in [2.75, 3.05) is 5.32 Å². The molecule has 1 rings (SSSR count). The summed E-state index contributed by atoms with van der Waals surface area (Å²) >= 11 is 0. The summed E-state index contributed by atoms with van der Waals surface area (Å²) in [5.41, 5.74) is 3.31. The van der Waals surface area contributed by atoms with E-state index in [0.717, 1.165) is 6.07 Å². The maximum atomic E-state index is 13.0. The van der Waals surface area contributed by atoms with Gasteiger partial charge in [-0.2, -0.15) is 13.2 Å². The predicted molar refractivity (Wildman–Crippen MR) is 58.1 cm³/mol. The van der Waals surface area contributed by atoms with Crippen LogP contribution < -0.4 is 11.1 Å². The zero-order chi connectivity index (χ0) is 14.6. The highest BCUT2D eigenvalue weighted by atomic mass is 19.4. The first-order valence-corrected chi connectivity index (χ1v) is 4.87. The maximum absolute atomic E-state index is 13.0. The molecule has 5 nitrogen and oxygen atoms in total. The highest BCUT2D eigenvalue weighted by Crippen LogP contribution is 2.32. The molecule has 0 aromatic heterocycles. The number of hydrogen-bond acceptors (Lipinski definition) is 3. The number of nitrogens with two attached hydrogens (primary N) is 1. The number of nitrogens with one attached hydrogen (secondary N) is 1. The van der Waals surface area contributed by atoms with Gasteiger partial charge in [0.05, 0.1) is 12.0 Å². The Morgan fingerprint density at radius 1 is 1.42 bits per heavy atom. The molecule has 0 spiro atoms. The number of halogens is 4. The fourth-order valence-electron chi connectivity index (χ4n) is 1.23. The van der Waals surface area contributed by atoms with Crippen LogP contribution >= 0.6 is 0 Å². The van der Waals surface area contributed by atoms with Gasteiger partial charge in [-0.3, -0.25) is 4.79 Å². The van der Waals surface area contributed by atoms with Crippen LogP contribution in [0.4, 0.5) is 23.2 Å². The third-order valence-corrected chi connectivity index (χ3v) is 2.03. The second kappa shape index (κ2) is 5.55. The van der Waals surface area contributed by atoms with E-state index >= 15 is 0 Å². The lowest BCUT2D eigenvalue weighted by Gasteiger charge is -2.10. The predicted octanol–water partition coefficient (Wildman–Crippen LogP) is 1.92. The molecular weight excluding hydrogens is 270 g/mol. The topological polar surface area (TPSA) is 87.7 Å². The van der Waals surface area contributed by atoms with E-state index in [2.05, 4.69) is 10.5 Å². The number of anilines is 1. The zero-order valence-corrected chi connectivity index (χ0v) is 9.33. The standard InChI is InChI=1S/C10H9F4N3O2/c11-7-2-1-5(3-6(7)10(12,13)14)16-9(18)4-8(15)17-19/h1-3,19H,4H2,(H2,15,17)(H,16,18). The van der Waals surface area contributed by atoms with Gasteiger partial charge in [0.25, 0.3) is 0 Å². The van der Waals surface area contributed by atoms with Crippen LogP contribution in [0, 0.1) is 5.82 Å². The Balaban J connectivity index is 2.89. The average molecular weight is 279 g/mol. The molecule has 1 aromatic carbocycles. The van der Waals surface area contributed by atoms with Crippen LogP contribution in [0.5, 0.6) is 0 Å². The number of hydrogen-bond donors (Lipinski definition) is 3. The molecule has 0 aliphatic heterocycles. The first kappa shape index (κ1) is 14.7. The van der Waals surface area contributed by atoms with Crippen molar-refractivity contribution in [1.82, 2.24) is 0 Å². The van der Waals surface area contributed by atoms with Crippen LogP contribution in [0.2, 0.25) is 0 Å². The molecule has 0 fully saturated rings. The zero-order valence-electron chi connectivity index (χ0n) is 9.33. The van der Waals surface area contributed by atoms with Gasteiger partial charge in [-0.15, -0.1) is 0 Å². The smallest absolute Gasteiger partial charge is 0.409 e. The van der Waals surface area contributed by atoms with Gasteiger partial charge in [-0.25, -0.2) is 4.39 Å². The Morgan fingerprint density at radius 2 is 2.05 bits per heavy atom. The highest BCUT2D eigenvalue weighted by Gasteiger charge is 2.34. The molecule has 0 atom stereocenters. The lowest BCUT2D eigenvalue weighted by Crippen LogP contribution is -2.22. The number of benzene rings is 1. The summed E-state index contributed by atoms with van der Waals surface area (Å²) in [5.74, 6) is -2.65. The molecule has 0 aliphatic carbocycles. The van der Waals surface area contributed by atoms with E-state index in [1.165, 1.54) is 0 Å². The Morgan fingerprint density at radius 3 is 2.58 bits per heavy atom. The largest absolute Gasteiger partial charge is 0.419 e. The van der Waals surface area contributed by atoms with E-state index in [9.17, 15) is 22.4 Å². The Labute approximate surface area is 104 Å². The monoisotopic (exact) mass is 279 g/mol. The number of nitrogens with zero attached hydrogens (tertiary/aromatic N) is 1. The molecule has 0 bridgehead atoms. The number of carbonyl (C=O) groups is 1. The Hall–Kier alpha value is -2.32. The van der Waals surface area contributed by atoms with Crippen LogP contribution in [-0.2, 0) is 11.0 Å². The Bertz CT molecular complexity index is 514. The van der Waals surface area contributed by atoms with Crippen LogP contribution in [0.1, 0.15) is 12.0 Å². The molecule has 0 heterocycles. The summed E-state index contributed by atoms with van der Waals surface area (Å²) in [6.45, 7) is 0. The number of amidine groups is 1. The summed E-state index contributed by atoms with van der Waals surface area (Å²) in [6, 6.07) is 2.01. The molecule has 4 N–H and O–H groups in total.